The molecule has 19 heavy (non-hydrogen) atoms. The van der Waals surface area contributed by atoms with Crippen LogP contribution in [0.1, 0.15) is 22.0 Å². The van der Waals surface area contributed by atoms with Crippen LogP contribution in [0.25, 0.3) is 0 Å². The highest BCUT2D eigenvalue weighted by atomic mass is 79.9. The number of hydrogen-bond acceptors (Lipinski definition) is 3. The molecule has 102 valence electrons. The molecule has 0 fully saturated rings. The molecule has 0 aliphatic heterocycles. The van der Waals surface area contributed by atoms with Gasteiger partial charge in [0, 0.05) is 10.4 Å². The minimum absolute atomic E-state index is 0.183. The molecule has 1 heterocycles. The normalized spacial score (nSPS) is 13.5. The third-order valence-corrected chi connectivity index (χ3v) is 4.23. The number of rotatable bonds is 2. The highest BCUT2D eigenvalue weighted by Crippen LogP contribution is 2.43. The van der Waals surface area contributed by atoms with E-state index in [9.17, 15) is 18.3 Å². The lowest BCUT2D eigenvalue weighted by Crippen LogP contribution is -2.18. The van der Waals surface area contributed by atoms with Crippen LogP contribution in [0.3, 0.4) is 0 Å². The van der Waals surface area contributed by atoms with Crippen molar-refractivity contribution < 1.29 is 18.3 Å². The van der Waals surface area contributed by atoms with Crippen molar-refractivity contribution in [3.8, 4) is 5.75 Å². The zero-order valence-electron chi connectivity index (χ0n) is 9.41. The number of nitrogens with two attached hydrogens (primary N) is 1. The van der Waals surface area contributed by atoms with Gasteiger partial charge < -0.3 is 10.8 Å². The van der Waals surface area contributed by atoms with Crippen molar-refractivity contribution in [2.75, 3.05) is 0 Å². The number of thiophene rings is 1. The Hall–Kier alpha value is -1.05. The Kier molecular flexibility index (Phi) is 3.89. The zero-order chi connectivity index (χ0) is 14.2. The van der Waals surface area contributed by atoms with E-state index in [1.165, 1.54) is 11.3 Å². The Bertz CT molecular complexity index is 583. The maximum absolute atomic E-state index is 13.0. The number of aromatic hydroxyl groups is 1. The summed E-state index contributed by atoms with van der Waals surface area (Å²) in [5, 5.41) is 11.6. The van der Waals surface area contributed by atoms with Gasteiger partial charge in [0.2, 0.25) is 0 Å². The lowest BCUT2D eigenvalue weighted by atomic mass is 9.98. The average molecular weight is 352 g/mol. The molecule has 1 aromatic heterocycles. The van der Waals surface area contributed by atoms with E-state index < -0.39 is 23.5 Å². The minimum Gasteiger partial charge on any atom is -0.506 e. The van der Waals surface area contributed by atoms with Crippen LogP contribution in [-0.2, 0) is 6.18 Å². The average Bonchev–Trinajstić information content (AvgIpc) is 2.83. The quantitative estimate of drug-likeness (QED) is 0.847. The summed E-state index contributed by atoms with van der Waals surface area (Å²) in [6, 6.07) is 4.38. The van der Waals surface area contributed by atoms with Gasteiger partial charge in [-0.05, 0) is 39.5 Å². The van der Waals surface area contributed by atoms with Gasteiger partial charge in [-0.25, -0.2) is 0 Å². The maximum Gasteiger partial charge on any atom is 0.416 e. The van der Waals surface area contributed by atoms with E-state index in [1.807, 2.05) is 0 Å². The predicted octanol–water partition coefficient (Wildman–Crippen LogP) is 4.28. The van der Waals surface area contributed by atoms with Gasteiger partial charge in [-0.15, -0.1) is 11.3 Å². The van der Waals surface area contributed by atoms with E-state index in [1.54, 1.807) is 17.5 Å². The first kappa shape index (κ1) is 14.4. The molecule has 0 unspecified atom stereocenters. The second-order valence-electron chi connectivity index (χ2n) is 3.85. The van der Waals surface area contributed by atoms with Gasteiger partial charge in [-0.2, -0.15) is 13.2 Å². The number of benzene rings is 1. The van der Waals surface area contributed by atoms with Gasteiger partial charge in [-0.3, -0.25) is 0 Å². The van der Waals surface area contributed by atoms with Gasteiger partial charge >= 0.3 is 6.18 Å². The van der Waals surface area contributed by atoms with Crippen LogP contribution >= 0.6 is 27.3 Å². The fourth-order valence-corrected chi connectivity index (χ4v) is 2.84. The van der Waals surface area contributed by atoms with Crippen molar-refractivity contribution in [3.63, 3.8) is 0 Å². The topological polar surface area (TPSA) is 46.2 Å². The molecule has 0 radical (unpaired) electrons. The SMILES string of the molecule is N[C@H](c1cccs1)c1c(C(F)(F)F)ccc(Br)c1O. The van der Waals surface area contributed by atoms with E-state index in [0.717, 1.165) is 12.1 Å². The zero-order valence-corrected chi connectivity index (χ0v) is 11.8. The van der Waals surface area contributed by atoms with Crippen LogP contribution in [0.4, 0.5) is 13.2 Å². The van der Waals surface area contributed by atoms with Crippen LogP contribution < -0.4 is 5.73 Å². The number of phenols is 1. The molecule has 7 heteroatoms. The van der Waals surface area contributed by atoms with Crippen LogP contribution in [0.5, 0.6) is 5.75 Å². The molecule has 2 nitrogen and oxygen atoms in total. The molecular weight excluding hydrogens is 343 g/mol. The van der Waals surface area contributed by atoms with E-state index in [0.29, 0.717) is 4.88 Å². The highest BCUT2D eigenvalue weighted by Gasteiger charge is 2.37. The third-order valence-electron chi connectivity index (χ3n) is 2.63. The second-order valence-corrected chi connectivity index (χ2v) is 5.68. The summed E-state index contributed by atoms with van der Waals surface area (Å²) < 4.78 is 39.1. The molecule has 0 saturated heterocycles. The number of halogens is 4. The standard InChI is InChI=1S/C12H9BrF3NOS/c13-7-4-3-6(12(14,15)16)9(11(7)18)10(17)8-2-1-5-19-8/h1-5,10,18H,17H2/t10-/m1/s1. The molecule has 0 spiro atoms. The highest BCUT2D eigenvalue weighted by molar-refractivity contribution is 9.10. The molecular formula is C12H9BrF3NOS. The Morgan fingerprint density at radius 1 is 1.26 bits per heavy atom. The summed E-state index contributed by atoms with van der Waals surface area (Å²) in [4.78, 5) is 0.555. The van der Waals surface area contributed by atoms with Crippen molar-refractivity contribution in [1.82, 2.24) is 0 Å². The summed E-state index contributed by atoms with van der Waals surface area (Å²) in [5.41, 5.74) is 4.62. The van der Waals surface area contributed by atoms with E-state index in [2.05, 4.69) is 15.9 Å². The number of phenolic OH excluding ortho intramolecular Hbond substituents is 1. The lowest BCUT2D eigenvalue weighted by Gasteiger charge is -2.19. The Balaban J connectivity index is 2.63. The summed E-state index contributed by atoms with van der Waals surface area (Å²) in [6.07, 6.45) is -4.57. The van der Waals surface area contributed by atoms with Crippen LogP contribution in [0.2, 0.25) is 0 Å². The fourth-order valence-electron chi connectivity index (χ4n) is 1.75. The molecule has 0 bridgehead atoms. The van der Waals surface area contributed by atoms with Crippen LogP contribution in [0.15, 0.2) is 34.1 Å². The monoisotopic (exact) mass is 351 g/mol. The Labute approximate surface area is 119 Å². The van der Waals surface area contributed by atoms with Crippen molar-refractivity contribution in [2.45, 2.75) is 12.2 Å². The predicted molar refractivity (Wildman–Crippen MR) is 71.2 cm³/mol. The van der Waals surface area contributed by atoms with Crippen molar-refractivity contribution in [1.29, 1.82) is 0 Å². The second kappa shape index (κ2) is 5.15. The largest absolute Gasteiger partial charge is 0.506 e. The summed E-state index contributed by atoms with van der Waals surface area (Å²) >= 11 is 4.25. The van der Waals surface area contributed by atoms with Crippen molar-refractivity contribution in [2.24, 2.45) is 5.73 Å². The lowest BCUT2D eigenvalue weighted by molar-refractivity contribution is -0.138. The number of alkyl halides is 3. The third kappa shape index (κ3) is 2.77. The first-order chi connectivity index (χ1) is 8.82. The first-order valence-corrected chi connectivity index (χ1v) is 6.87. The molecule has 0 aliphatic rings. The molecule has 0 saturated carbocycles. The van der Waals surface area contributed by atoms with E-state index in [-0.39, 0.29) is 10.0 Å². The first-order valence-electron chi connectivity index (χ1n) is 5.20. The maximum atomic E-state index is 13.0. The molecule has 2 rings (SSSR count). The molecule has 1 aromatic carbocycles. The minimum atomic E-state index is -4.57. The van der Waals surface area contributed by atoms with E-state index >= 15 is 0 Å². The summed E-state index contributed by atoms with van der Waals surface area (Å²) in [7, 11) is 0. The van der Waals surface area contributed by atoms with Gasteiger partial charge in [0.1, 0.15) is 5.75 Å². The van der Waals surface area contributed by atoms with Gasteiger partial charge in [0.05, 0.1) is 16.1 Å². The molecule has 2 aromatic rings. The van der Waals surface area contributed by atoms with Crippen molar-refractivity contribution in [3.05, 3.63) is 50.1 Å². The Morgan fingerprint density at radius 3 is 2.47 bits per heavy atom. The fraction of sp³-hybridized carbons (Fsp3) is 0.167. The van der Waals surface area contributed by atoms with Gasteiger partial charge in [0.25, 0.3) is 0 Å². The smallest absolute Gasteiger partial charge is 0.416 e. The van der Waals surface area contributed by atoms with Crippen molar-refractivity contribution >= 4 is 27.3 Å². The summed E-state index contributed by atoms with van der Waals surface area (Å²) in [5.74, 6) is -0.476. The van der Waals surface area contributed by atoms with Crippen LogP contribution in [-0.4, -0.2) is 5.11 Å². The van der Waals surface area contributed by atoms with Crippen LogP contribution in [0, 0.1) is 0 Å². The molecule has 0 aliphatic carbocycles. The molecule has 1 atom stereocenters. The molecule has 0 amide bonds. The number of hydrogen-bond donors (Lipinski definition) is 2. The molecule has 3 N–H and O–H groups in total. The van der Waals surface area contributed by atoms with Gasteiger partial charge in [-0.1, -0.05) is 6.07 Å². The van der Waals surface area contributed by atoms with Gasteiger partial charge in [0.15, 0.2) is 0 Å². The summed E-state index contributed by atoms with van der Waals surface area (Å²) in [6.45, 7) is 0. The Morgan fingerprint density at radius 2 is 1.95 bits per heavy atom. The van der Waals surface area contributed by atoms with E-state index in [4.69, 9.17) is 5.73 Å².